The second kappa shape index (κ2) is 6.96. The zero-order valence-corrected chi connectivity index (χ0v) is 11.4. The van der Waals surface area contributed by atoms with E-state index in [1.54, 1.807) is 11.8 Å². The Morgan fingerprint density at radius 1 is 1.20 bits per heavy atom. The van der Waals surface area contributed by atoms with Gasteiger partial charge < -0.3 is 9.84 Å². The molecule has 0 heterocycles. The lowest BCUT2D eigenvalue weighted by atomic mass is 10.2. The molecule has 2 rings (SSSR count). The van der Waals surface area contributed by atoms with Gasteiger partial charge in [-0.15, -0.1) is 11.8 Å². The fourth-order valence-electron chi connectivity index (χ4n) is 1.58. The molecular formula is C15H13FO3S. The van der Waals surface area contributed by atoms with Gasteiger partial charge in [0.05, 0.1) is 12.2 Å². The molecule has 0 radical (unpaired) electrons. The molecule has 0 fully saturated rings. The van der Waals surface area contributed by atoms with Crippen molar-refractivity contribution in [2.45, 2.75) is 4.90 Å². The minimum atomic E-state index is -1.16. The van der Waals surface area contributed by atoms with Gasteiger partial charge in [0.1, 0.15) is 0 Å². The molecule has 2 aromatic carbocycles. The minimum Gasteiger partial charge on any atom is -0.490 e. The first-order chi connectivity index (χ1) is 9.66. The number of hydrogen-bond acceptors (Lipinski definition) is 3. The lowest BCUT2D eigenvalue weighted by Gasteiger charge is -2.07. The number of carboxylic acid groups (broad SMARTS) is 1. The highest BCUT2D eigenvalue weighted by Crippen LogP contribution is 2.20. The number of rotatable bonds is 6. The van der Waals surface area contributed by atoms with Crippen molar-refractivity contribution in [3.05, 3.63) is 59.9 Å². The molecule has 0 aromatic heterocycles. The molecule has 0 aliphatic heterocycles. The molecule has 0 spiro atoms. The number of carbonyl (C=O) groups is 1. The summed E-state index contributed by atoms with van der Waals surface area (Å²) >= 11 is 1.61. The maximum atomic E-state index is 13.6. The minimum absolute atomic E-state index is 0.0728. The normalized spacial score (nSPS) is 10.2. The van der Waals surface area contributed by atoms with E-state index in [-0.39, 0.29) is 11.3 Å². The molecule has 0 bridgehead atoms. The van der Waals surface area contributed by atoms with Gasteiger partial charge in [-0.3, -0.25) is 0 Å². The summed E-state index contributed by atoms with van der Waals surface area (Å²) in [5.41, 5.74) is -0.0893. The number of benzene rings is 2. The van der Waals surface area contributed by atoms with E-state index < -0.39 is 11.8 Å². The average Bonchev–Trinajstić information content (AvgIpc) is 2.46. The SMILES string of the molecule is O=C(O)c1ccc(OCCSc2ccccc2)c(F)c1. The van der Waals surface area contributed by atoms with Crippen molar-refractivity contribution < 1.29 is 19.0 Å². The van der Waals surface area contributed by atoms with Crippen molar-refractivity contribution >= 4 is 17.7 Å². The van der Waals surface area contributed by atoms with E-state index in [9.17, 15) is 9.18 Å². The molecule has 0 atom stereocenters. The Balaban J connectivity index is 1.84. The van der Waals surface area contributed by atoms with Crippen molar-refractivity contribution in [2.24, 2.45) is 0 Å². The number of halogens is 1. The largest absolute Gasteiger partial charge is 0.490 e. The summed E-state index contributed by atoms with van der Waals surface area (Å²) in [5, 5.41) is 8.73. The third-order valence-electron chi connectivity index (χ3n) is 2.53. The molecule has 0 amide bonds. The molecule has 20 heavy (non-hydrogen) atoms. The molecular weight excluding hydrogens is 279 g/mol. The van der Waals surface area contributed by atoms with Gasteiger partial charge in [-0.05, 0) is 30.3 Å². The summed E-state index contributed by atoms with van der Waals surface area (Å²) in [6.07, 6.45) is 0. The van der Waals surface area contributed by atoms with Crippen LogP contribution in [0, 0.1) is 5.82 Å². The highest BCUT2D eigenvalue weighted by Gasteiger charge is 2.09. The van der Waals surface area contributed by atoms with E-state index in [2.05, 4.69) is 0 Å². The Labute approximate surface area is 120 Å². The van der Waals surface area contributed by atoms with Gasteiger partial charge >= 0.3 is 5.97 Å². The second-order valence-corrected chi connectivity index (χ2v) is 5.13. The summed E-state index contributed by atoms with van der Waals surface area (Å²) in [5.74, 6) is -1.06. The molecule has 3 nitrogen and oxygen atoms in total. The van der Waals surface area contributed by atoms with E-state index in [1.165, 1.54) is 12.1 Å². The fraction of sp³-hybridized carbons (Fsp3) is 0.133. The van der Waals surface area contributed by atoms with Crippen molar-refractivity contribution in [3.8, 4) is 5.75 Å². The molecule has 0 unspecified atom stereocenters. The van der Waals surface area contributed by atoms with Crippen LogP contribution in [-0.2, 0) is 0 Å². The van der Waals surface area contributed by atoms with Gasteiger partial charge in [0.2, 0.25) is 0 Å². The first-order valence-electron chi connectivity index (χ1n) is 6.00. The number of ether oxygens (including phenoxy) is 1. The van der Waals surface area contributed by atoms with E-state index in [1.807, 2.05) is 30.3 Å². The second-order valence-electron chi connectivity index (χ2n) is 3.96. The predicted molar refractivity (Wildman–Crippen MR) is 76.0 cm³/mol. The number of aromatic carboxylic acids is 1. The number of carboxylic acids is 1. The molecule has 0 aliphatic carbocycles. The van der Waals surface area contributed by atoms with Crippen LogP contribution >= 0.6 is 11.8 Å². The van der Waals surface area contributed by atoms with Gasteiger partial charge in [-0.2, -0.15) is 0 Å². The summed E-state index contributed by atoms with van der Waals surface area (Å²) in [4.78, 5) is 11.8. The fourth-order valence-corrected chi connectivity index (χ4v) is 2.33. The highest BCUT2D eigenvalue weighted by atomic mass is 32.2. The van der Waals surface area contributed by atoms with Gasteiger partial charge in [0, 0.05) is 10.6 Å². The Hall–Kier alpha value is -2.01. The molecule has 0 saturated carbocycles. The lowest BCUT2D eigenvalue weighted by molar-refractivity contribution is 0.0696. The van der Waals surface area contributed by atoms with Crippen LogP contribution in [0.15, 0.2) is 53.4 Å². The summed E-state index contributed by atoms with van der Waals surface area (Å²) in [6.45, 7) is 0.350. The average molecular weight is 292 g/mol. The third kappa shape index (κ3) is 3.99. The van der Waals surface area contributed by atoms with Gasteiger partial charge in [-0.1, -0.05) is 18.2 Å². The van der Waals surface area contributed by atoms with Crippen LogP contribution in [0.4, 0.5) is 4.39 Å². The van der Waals surface area contributed by atoms with Gasteiger partial charge in [-0.25, -0.2) is 9.18 Å². The number of thioether (sulfide) groups is 1. The van der Waals surface area contributed by atoms with Crippen LogP contribution in [0.2, 0.25) is 0 Å². The van der Waals surface area contributed by atoms with Crippen LogP contribution in [0.5, 0.6) is 5.75 Å². The summed E-state index contributed by atoms with van der Waals surface area (Å²) in [7, 11) is 0. The first-order valence-corrected chi connectivity index (χ1v) is 6.99. The highest BCUT2D eigenvalue weighted by molar-refractivity contribution is 7.99. The summed E-state index contributed by atoms with van der Waals surface area (Å²) in [6, 6.07) is 13.5. The topological polar surface area (TPSA) is 46.5 Å². The zero-order valence-electron chi connectivity index (χ0n) is 10.6. The van der Waals surface area contributed by atoms with Crippen LogP contribution in [0.25, 0.3) is 0 Å². The van der Waals surface area contributed by atoms with Crippen LogP contribution in [0.1, 0.15) is 10.4 Å². The molecule has 1 N–H and O–H groups in total. The standard InChI is InChI=1S/C15H13FO3S/c16-13-10-11(15(17)18)6-7-14(13)19-8-9-20-12-4-2-1-3-5-12/h1-7,10H,8-9H2,(H,17,18). The Morgan fingerprint density at radius 3 is 2.60 bits per heavy atom. The van der Waals surface area contributed by atoms with Crippen LogP contribution < -0.4 is 4.74 Å². The van der Waals surface area contributed by atoms with Crippen LogP contribution in [-0.4, -0.2) is 23.4 Å². The van der Waals surface area contributed by atoms with Gasteiger partial charge in [0.25, 0.3) is 0 Å². The van der Waals surface area contributed by atoms with Crippen molar-refractivity contribution in [2.75, 3.05) is 12.4 Å². The third-order valence-corrected chi connectivity index (χ3v) is 3.51. The maximum absolute atomic E-state index is 13.6. The Bertz CT molecular complexity index is 587. The Morgan fingerprint density at radius 2 is 1.95 bits per heavy atom. The zero-order chi connectivity index (χ0) is 14.4. The first kappa shape index (κ1) is 14.4. The quantitative estimate of drug-likeness (QED) is 0.651. The molecule has 104 valence electrons. The van der Waals surface area contributed by atoms with E-state index in [0.717, 1.165) is 11.0 Å². The van der Waals surface area contributed by atoms with E-state index in [4.69, 9.17) is 9.84 Å². The molecule has 5 heteroatoms. The summed E-state index contributed by atoms with van der Waals surface area (Å²) < 4.78 is 18.9. The monoisotopic (exact) mass is 292 g/mol. The van der Waals surface area contributed by atoms with Crippen molar-refractivity contribution in [3.63, 3.8) is 0 Å². The molecule has 0 aliphatic rings. The Kier molecular flexibility index (Phi) is 5.01. The predicted octanol–water partition coefficient (Wildman–Crippen LogP) is 3.70. The van der Waals surface area contributed by atoms with Crippen molar-refractivity contribution in [1.29, 1.82) is 0 Å². The number of hydrogen-bond donors (Lipinski definition) is 1. The lowest BCUT2D eigenvalue weighted by Crippen LogP contribution is -2.03. The van der Waals surface area contributed by atoms with Gasteiger partial charge in [0.15, 0.2) is 11.6 Å². The smallest absolute Gasteiger partial charge is 0.335 e. The van der Waals surface area contributed by atoms with E-state index in [0.29, 0.717) is 12.4 Å². The van der Waals surface area contributed by atoms with E-state index >= 15 is 0 Å². The van der Waals surface area contributed by atoms with Crippen molar-refractivity contribution in [1.82, 2.24) is 0 Å². The molecule has 2 aromatic rings. The molecule has 0 saturated heterocycles. The van der Waals surface area contributed by atoms with Crippen LogP contribution in [0.3, 0.4) is 0 Å². The maximum Gasteiger partial charge on any atom is 0.335 e.